The van der Waals surface area contributed by atoms with Gasteiger partial charge in [0.2, 0.25) is 0 Å². The topological polar surface area (TPSA) is 58.0 Å². The Kier molecular flexibility index (Phi) is 2.98. The molecular formula is C14H21N3O. The minimum absolute atomic E-state index is 0.125. The highest BCUT2D eigenvalue weighted by molar-refractivity contribution is 5.48. The summed E-state index contributed by atoms with van der Waals surface area (Å²) in [6, 6.07) is 0. The molecule has 0 atom stereocenters. The van der Waals surface area contributed by atoms with Gasteiger partial charge in [-0.3, -0.25) is 0 Å². The zero-order chi connectivity index (χ0) is 12.6. The molecule has 2 aliphatic rings. The maximum absolute atomic E-state index is 9.35. The number of aliphatic hydroxyl groups excluding tert-OH is 1. The van der Waals surface area contributed by atoms with E-state index in [-0.39, 0.29) is 12.0 Å². The molecule has 98 valence electrons. The van der Waals surface area contributed by atoms with Gasteiger partial charge in [0.05, 0.1) is 6.61 Å². The SMILES string of the molecule is Cc1nc2c(c(NCC3(CO)CC3)n1)CCCC2. The Labute approximate surface area is 108 Å². The first-order valence-electron chi connectivity index (χ1n) is 6.94. The summed E-state index contributed by atoms with van der Waals surface area (Å²) in [5, 5.41) is 12.8. The van der Waals surface area contributed by atoms with Crippen molar-refractivity contribution in [2.75, 3.05) is 18.5 Å². The second-order valence-electron chi connectivity index (χ2n) is 5.76. The van der Waals surface area contributed by atoms with Crippen molar-refractivity contribution in [3.8, 4) is 0 Å². The molecule has 0 aromatic carbocycles. The lowest BCUT2D eigenvalue weighted by atomic mass is 9.96. The van der Waals surface area contributed by atoms with Gasteiger partial charge in [-0.2, -0.15) is 0 Å². The largest absolute Gasteiger partial charge is 0.396 e. The lowest BCUT2D eigenvalue weighted by Gasteiger charge is -2.21. The number of hydrogen-bond acceptors (Lipinski definition) is 4. The molecule has 1 heterocycles. The quantitative estimate of drug-likeness (QED) is 0.852. The number of hydrogen-bond donors (Lipinski definition) is 2. The van der Waals surface area contributed by atoms with Crippen molar-refractivity contribution in [3.05, 3.63) is 17.1 Å². The molecule has 4 heteroatoms. The van der Waals surface area contributed by atoms with Gasteiger partial charge in [-0.25, -0.2) is 9.97 Å². The maximum Gasteiger partial charge on any atom is 0.133 e. The van der Waals surface area contributed by atoms with Crippen molar-refractivity contribution in [3.63, 3.8) is 0 Å². The molecule has 1 aromatic heterocycles. The first-order valence-corrected chi connectivity index (χ1v) is 6.94. The Hall–Kier alpha value is -1.16. The van der Waals surface area contributed by atoms with Gasteiger partial charge < -0.3 is 10.4 Å². The monoisotopic (exact) mass is 247 g/mol. The van der Waals surface area contributed by atoms with Crippen molar-refractivity contribution in [1.29, 1.82) is 0 Å². The fourth-order valence-electron chi connectivity index (χ4n) is 2.70. The normalized spacial score (nSPS) is 20.3. The van der Waals surface area contributed by atoms with E-state index in [4.69, 9.17) is 0 Å². The van der Waals surface area contributed by atoms with Gasteiger partial charge in [0.15, 0.2) is 0 Å². The number of fused-ring (bicyclic) bond motifs is 1. The average molecular weight is 247 g/mol. The molecule has 1 fully saturated rings. The van der Waals surface area contributed by atoms with E-state index in [2.05, 4.69) is 15.3 Å². The fourth-order valence-corrected chi connectivity index (χ4v) is 2.70. The summed E-state index contributed by atoms with van der Waals surface area (Å²) in [7, 11) is 0. The molecule has 0 bridgehead atoms. The van der Waals surface area contributed by atoms with Crippen LogP contribution in [0.3, 0.4) is 0 Å². The second-order valence-corrected chi connectivity index (χ2v) is 5.76. The summed E-state index contributed by atoms with van der Waals surface area (Å²) in [5.41, 5.74) is 2.66. The number of aryl methyl sites for hydroxylation is 2. The molecule has 0 spiro atoms. The molecule has 0 unspecified atom stereocenters. The number of rotatable bonds is 4. The van der Waals surface area contributed by atoms with E-state index in [1.165, 1.54) is 24.1 Å². The zero-order valence-electron chi connectivity index (χ0n) is 11.0. The number of nitrogens with one attached hydrogen (secondary N) is 1. The van der Waals surface area contributed by atoms with Crippen LogP contribution in [0.4, 0.5) is 5.82 Å². The maximum atomic E-state index is 9.35. The minimum atomic E-state index is 0.125. The van der Waals surface area contributed by atoms with Crippen LogP contribution in [0.1, 0.15) is 42.8 Å². The molecule has 0 amide bonds. The van der Waals surface area contributed by atoms with Crippen LogP contribution in [-0.2, 0) is 12.8 Å². The molecule has 2 aliphatic carbocycles. The van der Waals surface area contributed by atoms with E-state index in [0.29, 0.717) is 0 Å². The smallest absolute Gasteiger partial charge is 0.133 e. The van der Waals surface area contributed by atoms with Crippen molar-refractivity contribution >= 4 is 5.82 Å². The molecule has 3 rings (SSSR count). The third-order valence-corrected chi connectivity index (χ3v) is 4.22. The average Bonchev–Trinajstić information content (AvgIpc) is 3.16. The van der Waals surface area contributed by atoms with Gasteiger partial charge in [0.25, 0.3) is 0 Å². The highest BCUT2D eigenvalue weighted by atomic mass is 16.3. The van der Waals surface area contributed by atoms with E-state index < -0.39 is 0 Å². The van der Waals surface area contributed by atoms with Crippen LogP contribution in [0.2, 0.25) is 0 Å². The summed E-state index contributed by atoms with van der Waals surface area (Å²) in [5.74, 6) is 1.86. The van der Waals surface area contributed by atoms with E-state index in [0.717, 1.165) is 43.9 Å². The van der Waals surface area contributed by atoms with E-state index >= 15 is 0 Å². The third kappa shape index (κ3) is 2.21. The standard InChI is InChI=1S/C14H21N3O/c1-10-16-12-5-3-2-4-11(12)13(17-10)15-8-14(9-18)6-7-14/h18H,2-9H2,1H3,(H,15,16,17). The Morgan fingerprint density at radius 2 is 2.00 bits per heavy atom. The first-order chi connectivity index (χ1) is 8.72. The summed E-state index contributed by atoms with van der Waals surface area (Å²) in [4.78, 5) is 9.10. The molecular weight excluding hydrogens is 226 g/mol. The summed E-state index contributed by atoms with van der Waals surface area (Å²) in [6.45, 7) is 3.08. The van der Waals surface area contributed by atoms with Crippen LogP contribution >= 0.6 is 0 Å². The number of aliphatic hydroxyl groups is 1. The molecule has 0 radical (unpaired) electrons. The Bertz CT molecular complexity index is 455. The summed E-state index contributed by atoms with van der Waals surface area (Å²) >= 11 is 0. The first kappa shape index (κ1) is 11.9. The third-order valence-electron chi connectivity index (χ3n) is 4.22. The highest BCUT2D eigenvalue weighted by Crippen LogP contribution is 2.45. The van der Waals surface area contributed by atoms with Gasteiger partial charge in [-0.1, -0.05) is 0 Å². The predicted octanol–water partition coefficient (Wildman–Crippen LogP) is 1.85. The van der Waals surface area contributed by atoms with E-state index in [9.17, 15) is 5.11 Å². The van der Waals surface area contributed by atoms with Crippen LogP contribution in [0.5, 0.6) is 0 Å². The summed E-state index contributed by atoms with van der Waals surface area (Å²) in [6.07, 6.45) is 6.90. The van der Waals surface area contributed by atoms with E-state index in [1.807, 2.05) is 6.92 Å². The van der Waals surface area contributed by atoms with Gasteiger partial charge in [0, 0.05) is 23.2 Å². The number of nitrogens with zero attached hydrogens (tertiary/aromatic N) is 2. The highest BCUT2D eigenvalue weighted by Gasteiger charge is 2.41. The number of anilines is 1. The van der Waals surface area contributed by atoms with Crippen LogP contribution in [0.25, 0.3) is 0 Å². The zero-order valence-corrected chi connectivity index (χ0v) is 11.0. The molecule has 0 saturated heterocycles. The molecule has 0 aliphatic heterocycles. The van der Waals surface area contributed by atoms with Crippen molar-refractivity contribution in [2.45, 2.75) is 45.4 Å². The van der Waals surface area contributed by atoms with Crippen LogP contribution < -0.4 is 5.32 Å². The molecule has 18 heavy (non-hydrogen) atoms. The van der Waals surface area contributed by atoms with Crippen LogP contribution in [0, 0.1) is 12.3 Å². The lowest BCUT2D eigenvalue weighted by Crippen LogP contribution is -2.22. The van der Waals surface area contributed by atoms with E-state index in [1.54, 1.807) is 0 Å². The Morgan fingerprint density at radius 1 is 1.22 bits per heavy atom. The summed E-state index contributed by atoms with van der Waals surface area (Å²) < 4.78 is 0. The van der Waals surface area contributed by atoms with Gasteiger partial charge in [-0.05, 0) is 45.4 Å². The molecule has 4 nitrogen and oxygen atoms in total. The molecule has 1 saturated carbocycles. The molecule has 1 aromatic rings. The Balaban J connectivity index is 1.80. The van der Waals surface area contributed by atoms with Gasteiger partial charge >= 0.3 is 0 Å². The predicted molar refractivity (Wildman–Crippen MR) is 70.7 cm³/mol. The number of aromatic nitrogens is 2. The van der Waals surface area contributed by atoms with Crippen LogP contribution in [-0.4, -0.2) is 28.2 Å². The van der Waals surface area contributed by atoms with Crippen LogP contribution in [0.15, 0.2) is 0 Å². The minimum Gasteiger partial charge on any atom is -0.396 e. The van der Waals surface area contributed by atoms with Crippen molar-refractivity contribution < 1.29 is 5.11 Å². The second kappa shape index (κ2) is 4.50. The molecule has 2 N–H and O–H groups in total. The fraction of sp³-hybridized carbons (Fsp3) is 0.714. The van der Waals surface area contributed by atoms with Gasteiger partial charge in [0.1, 0.15) is 11.6 Å². The van der Waals surface area contributed by atoms with Gasteiger partial charge in [-0.15, -0.1) is 0 Å². The van der Waals surface area contributed by atoms with Crippen molar-refractivity contribution in [2.24, 2.45) is 5.41 Å². The van der Waals surface area contributed by atoms with Crippen molar-refractivity contribution in [1.82, 2.24) is 9.97 Å². The Morgan fingerprint density at radius 3 is 2.72 bits per heavy atom. The lowest BCUT2D eigenvalue weighted by molar-refractivity contribution is 0.219.